The normalized spacial score (nSPS) is 15.6. The highest BCUT2D eigenvalue weighted by Crippen LogP contribution is 2.09. The second-order valence-corrected chi connectivity index (χ2v) is 4.55. The molecule has 92 valence electrons. The van der Waals surface area contributed by atoms with Gasteiger partial charge in [0.1, 0.15) is 0 Å². The van der Waals surface area contributed by atoms with Gasteiger partial charge in [-0.25, -0.2) is 0 Å². The van der Waals surface area contributed by atoms with E-state index in [-0.39, 0.29) is 0 Å². The zero-order chi connectivity index (χ0) is 11.7. The molecule has 2 N–H and O–H groups in total. The van der Waals surface area contributed by atoms with Gasteiger partial charge in [0.05, 0.1) is 5.60 Å². The molecule has 0 bridgehead atoms. The van der Waals surface area contributed by atoms with Gasteiger partial charge < -0.3 is 15.2 Å². The first-order valence-corrected chi connectivity index (χ1v) is 5.97. The van der Waals surface area contributed by atoms with Gasteiger partial charge >= 0.3 is 0 Å². The molecule has 0 rings (SSSR count). The maximum atomic E-state index is 9.96. The highest BCUT2D eigenvalue weighted by atomic mass is 16.5. The largest absolute Gasteiger partial charge is 0.389 e. The highest BCUT2D eigenvalue weighted by Gasteiger charge is 2.19. The van der Waals surface area contributed by atoms with Crippen molar-refractivity contribution in [3.63, 3.8) is 0 Å². The minimum absolute atomic E-state index is 0.611. The fraction of sp³-hybridized carbons (Fsp3) is 1.00. The summed E-state index contributed by atoms with van der Waals surface area (Å²) < 4.78 is 4.96. The van der Waals surface area contributed by atoms with Crippen LogP contribution in [0.1, 0.15) is 40.0 Å². The van der Waals surface area contributed by atoms with Crippen molar-refractivity contribution in [2.45, 2.75) is 45.6 Å². The molecule has 3 heteroatoms. The highest BCUT2D eigenvalue weighted by molar-refractivity contribution is 4.75. The molecular formula is C12H27NO2. The van der Waals surface area contributed by atoms with Gasteiger partial charge in [0, 0.05) is 26.7 Å². The standard InChI is InChI=1S/C12H27NO2/c1-5-11(6-2)9-13-10-12(3,14)7-8-15-4/h11,13-14H,5-10H2,1-4H3. The Morgan fingerprint density at radius 2 is 1.93 bits per heavy atom. The summed E-state index contributed by atoms with van der Waals surface area (Å²) in [6, 6.07) is 0. The first-order valence-electron chi connectivity index (χ1n) is 5.97. The minimum Gasteiger partial charge on any atom is -0.389 e. The predicted octanol–water partition coefficient (Wildman–Crippen LogP) is 1.80. The minimum atomic E-state index is -0.651. The lowest BCUT2D eigenvalue weighted by atomic mass is 10.0. The molecule has 0 spiro atoms. The summed E-state index contributed by atoms with van der Waals surface area (Å²) in [6.07, 6.45) is 3.08. The fourth-order valence-electron chi connectivity index (χ4n) is 1.53. The molecule has 3 nitrogen and oxygen atoms in total. The molecular weight excluding hydrogens is 190 g/mol. The number of hydrogen-bond donors (Lipinski definition) is 2. The van der Waals surface area contributed by atoms with Crippen LogP contribution in [0.5, 0.6) is 0 Å². The van der Waals surface area contributed by atoms with Crippen molar-refractivity contribution in [1.29, 1.82) is 0 Å². The van der Waals surface area contributed by atoms with E-state index in [1.807, 2.05) is 6.92 Å². The molecule has 0 aromatic carbocycles. The van der Waals surface area contributed by atoms with Crippen LogP contribution in [0.15, 0.2) is 0 Å². The molecule has 0 amide bonds. The van der Waals surface area contributed by atoms with Crippen LogP contribution in [0.4, 0.5) is 0 Å². The molecule has 15 heavy (non-hydrogen) atoms. The van der Waals surface area contributed by atoms with Crippen molar-refractivity contribution in [2.75, 3.05) is 26.8 Å². The summed E-state index contributed by atoms with van der Waals surface area (Å²) >= 11 is 0. The van der Waals surface area contributed by atoms with Crippen molar-refractivity contribution in [2.24, 2.45) is 5.92 Å². The fourth-order valence-corrected chi connectivity index (χ4v) is 1.53. The van der Waals surface area contributed by atoms with Gasteiger partial charge in [-0.05, 0) is 19.4 Å². The van der Waals surface area contributed by atoms with E-state index in [9.17, 15) is 5.11 Å². The SMILES string of the molecule is CCC(CC)CNCC(C)(O)CCOC. The van der Waals surface area contributed by atoms with Crippen molar-refractivity contribution in [3.05, 3.63) is 0 Å². The van der Waals surface area contributed by atoms with Crippen molar-refractivity contribution in [3.8, 4) is 0 Å². The Bertz CT molecular complexity index is 145. The van der Waals surface area contributed by atoms with Gasteiger partial charge in [0.2, 0.25) is 0 Å². The van der Waals surface area contributed by atoms with E-state index in [0.717, 1.165) is 12.5 Å². The lowest BCUT2D eigenvalue weighted by Gasteiger charge is -2.24. The molecule has 1 atom stereocenters. The lowest BCUT2D eigenvalue weighted by molar-refractivity contribution is 0.0243. The van der Waals surface area contributed by atoms with Crippen molar-refractivity contribution < 1.29 is 9.84 Å². The first kappa shape index (κ1) is 14.9. The summed E-state index contributed by atoms with van der Waals surface area (Å²) in [7, 11) is 1.66. The topological polar surface area (TPSA) is 41.5 Å². The van der Waals surface area contributed by atoms with Crippen LogP contribution in [0, 0.1) is 5.92 Å². The van der Waals surface area contributed by atoms with Gasteiger partial charge in [0.25, 0.3) is 0 Å². The zero-order valence-corrected chi connectivity index (χ0v) is 10.7. The second kappa shape index (κ2) is 8.08. The molecule has 0 aliphatic rings. The van der Waals surface area contributed by atoms with Crippen LogP contribution in [-0.4, -0.2) is 37.5 Å². The molecule has 0 aromatic rings. The molecule has 0 radical (unpaired) electrons. The average molecular weight is 217 g/mol. The van der Waals surface area contributed by atoms with Crippen LogP contribution < -0.4 is 5.32 Å². The van der Waals surface area contributed by atoms with Gasteiger partial charge in [-0.2, -0.15) is 0 Å². The molecule has 0 heterocycles. The van der Waals surface area contributed by atoms with Crippen LogP contribution >= 0.6 is 0 Å². The summed E-state index contributed by atoms with van der Waals surface area (Å²) in [5, 5.41) is 13.3. The van der Waals surface area contributed by atoms with E-state index in [1.165, 1.54) is 12.8 Å². The van der Waals surface area contributed by atoms with Crippen molar-refractivity contribution in [1.82, 2.24) is 5.32 Å². The number of rotatable bonds is 9. The average Bonchev–Trinajstić information content (AvgIpc) is 2.22. The van der Waals surface area contributed by atoms with E-state index < -0.39 is 5.60 Å². The Morgan fingerprint density at radius 3 is 2.40 bits per heavy atom. The number of aliphatic hydroxyl groups is 1. The lowest BCUT2D eigenvalue weighted by Crippen LogP contribution is -2.40. The maximum absolute atomic E-state index is 9.96. The Kier molecular flexibility index (Phi) is 8.02. The van der Waals surface area contributed by atoms with Crippen LogP contribution in [0.25, 0.3) is 0 Å². The van der Waals surface area contributed by atoms with Gasteiger partial charge in [0.15, 0.2) is 0 Å². The van der Waals surface area contributed by atoms with Crippen LogP contribution in [0.2, 0.25) is 0 Å². The summed E-state index contributed by atoms with van der Waals surface area (Å²) in [4.78, 5) is 0. The van der Waals surface area contributed by atoms with Crippen molar-refractivity contribution >= 4 is 0 Å². The summed E-state index contributed by atoms with van der Waals surface area (Å²) in [6.45, 7) is 8.52. The molecule has 1 unspecified atom stereocenters. The number of nitrogens with one attached hydrogen (secondary N) is 1. The van der Waals surface area contributed by atoms with Crippen LogP contribution in [0.3, 0.4) is 0 Å². The molecule has 0 fully saturated rings. The first-order chi connectivity index (χ1) is 7.05. The number of ether oxygens (including phenoxy) is 1. The summed E-state index contributed by atoms with van der Waals surface area (Å²) in [5.41, 5.74) is -0.651. The van der Waals surface area contributed by atoms with E-state index in [4.69, 9.17) is 4.74 Å². The molecule has 0 saturated carbocycles. The molecule has 0 aliphatic heterocycles. The number of hydrogen-bond acceptors (Lipinski definition) is 3. The van der Waals surface area contributed by atoms with E-state index in [1.54, 1.807) is 7.11 Å². The Balaban J connectivity index is 3.63. The van der Waals surface area contributed by atoms with E-state index in [0.29, 0.717) is 19.6 Å². The quantitative estimate of drug-likeness (QED) is 0.619. The van der Waals surface area contributed by atoms with E-state index in [2.05, 4.69) is 19.2 Å². The van der Waals surface area contributed by atoms with Gasteiger partial charge in [-0.1, -0.05) is 26.7 Å². The summed E-state index contributed by atoms with van der Waals surface area (Å²) in [5.74, 6) is 0.725. The Morgan fingerprint density at radius 1 is 1.33 bits per heavy atom. The monoisotopic (exact) mass is 217 g/mol. The Hall–Kier alpha value is -0.120. The zero-order valence-electron chi connectivity index (χ0n) is 10.7. The predicted molar refractivity (Wildman–Crippen MR) is 64.1 cm³/mol. The molecule has 0 aliphatic carbocycles. The molecule has 0 saturated heterocycles. The van der Waals surface area contributed by atoms with Crippen LogP contribution in [-0.2, 0) is 4.74 Å². The maximum Gasteiger partial charge on any atom is 0.0765 e. The van der Waals surface area contributed by atoms with Gasteiger partial charge in [-0.15, -0.1) is 0 Å². The molecule has 0 aromatic heterocycles. The Labute approximate surface area is 94.2 Å². The third-order valence-corrected chi connectivity index (χ3v) is 2.94. The van der Waals surface area contributed by atoms with Gasteiger partial charge in [-0.3, -0.25) is 0 Å². The van der Waals surface area contributed by atoms with E-state index >= 15 is 0 Å². The third-order valence-electron chi connectivity index (χ3n) is 2.94. The second-order valence-electron chi connectivity index (χ2n) is 4.55. The third kappa shape index (κ3) is 7.77. The smallest absolute Gasteiger partial charge is 0.0765 e. The number of methoxy groups -OCH3 is 1.